The van der Waals surface area contributed by atoms with Crippen molar-refractivity contribution in [3.63, 3.8) is 0 Å². The van der Waals surface area contributed by atoms with Gasteiger partial charge in [-0.1, -0.05) is 48.5 Å². The first-order chi connectivity index (χ1) is 13.3. The van der Waals surface area contributed by atoms with Crippen LogP contribution in [-0.4, -0.2) is 28.4 Å². The number of aromatic nitrogens is 1. The van der Waals surface area contributed by atoms with E-state index < -0.39 is 5.92 Å². The van der Waals surface area contributed by atoms with E-state index in [9.17, 15) is 9.90 Å². The first-order valence-electron chi connectivity index (χ1n) is 9.79. The van der Waals surface area contributed by atoms with Gasteiger partial charge in [-0.25, -0.2) is 4.98 Å². The molecule has 0 radical (unpaired) electrons. The molecule has 0 fully saturated rings. The number of aromatic hydroxyl groups is 1. The van der Waals surface area contributed by atoms with E-state index in [1.807, 2.05) is 19.1 Å². The summed E-state index contributed by atoms with van der Waals surface area (Å²) in [6.07, 6.45) is 1.36. The zero-order valence-electron chi connectivity index (χ0n) is 18.9. The van der Waals surface area contributed by atoms with E-state index in [0.29, 0.717) is 17.2 Å². The molecule has 0 aliphatic heterocycles. The lowest BCUT2D eigenvalue weighted by atomic mass is 9.79. The molecule has 0 saturated carbocycles. The van der Waals surface area contributed by atoms with Crippen LogP contribution >= 0.6 is 11.8 Å². The molecule has 0 spiro atoms. The minimum atomic E-state index is -0.547. The molecule has 0 saturated heterocycles. The number of aryl methyl sites for hydroxylation is 1. The Morgan fingerprint density at radius 2 is 1.66 bits per heavy atom. The van der Waals surface area contributed by atoms with Crippen LogP contribution in [0.15, 0.2) is 27.8 Å². The lowest BCUT2D eigenvalue weighted by Crippen LogP contribution is -2.24. The highest BCUT2D eigenvalue weighted by Crippen LogP contribution is 2.44. The molecule has 6 heteroatoms. The number of phenolic OH excluding ortho intramolecular Hbond substituents is 1. The monoisotopic (exact) mass is 419 g/mol. The third-order valence-electron chi connectivity index (χ3n) is 5.02. The molecule has 160 valence electrons. The number of ether oxygens (including phenoxy) is 1. The van der Waals surface area contributed by atoms with E-state index in [1.54, 1.807) is 18.7 Å². The molecule has 1 heterocycles. The number of carbonyl (C=O) groups is 1. The molecular weight excluding hydrogens is 386 g/mol. The van der Waals surface area contributed by atoms with E-state index >= 15 is 0 Å². The number of methoxy groups -OCH3 is 1. The van der Waals surface area contributed by atoms with Crippen molar-refractivity contribution in [2.45, 2.75) is 82.3 Å². The van der Waals surface area contributed by atoms with Crippen molar-refractivity contribution in [3.05, 3.63) is 41.1 Å². The predicted molar refractivity (Wildman–Crippen MR) is 117 cm³/mol. The first kappa shape index (κ1) is 23.3. The number of carbonyl (C=O) groups excluding carboxylic acids is 1. The van der Waals surface area contributed by atoms with Gasteiger partial charge in [-0.15, -0.1) is 11.8 Å². The lowest BCUT2D eigenvalue weighted by Gasteiger charge is -2.29. The summed E-state index contributed by atoms with van der Waals surface area (Å²) in [5.41, 5.74) is 1.96. The van der Waals surface area contributed by atoms with Crippen LogP contribution in [0, 0.1) is 6.92 Å². The van der Waals surface area contributed by atoms with Crippen LogP contribution in [-0.2, 0) is 20.4 Å². The standard InChI is InChI=1S/C23H33NO4S/c1-13-19(24-12-28-13)18(21(26)27-9)14(2)29-15-10-16(22(3,4)5)20(25)17(11-15)23(6,7)8/h10-12,14,18,25H,1-9H3. The van der Waals surface area contributed by atoms with Gasteiger partial charge in [0.15, 0.2) is 6.39 Å². The van der Waals surface area contributed by atoms with Gasteiger partial charge < -0.3 is 14.3 Å². The second kappa shape index (κ2) is 8.42. The summed E-state index contributed by atoms with van der Waals surface area (Å²) < 4.78 is 10.4. The first-order valence-corrected chi connectivity index (χ1v) is 10.7. The Bertz CT molecular complexity index is 839. The van der Waals surface area contributed by atoms with Crippen LogP contribution in [0.5, 0.6) is 5.75 Å². The van der Waals surface area contributed by atoms with Gasteiger partial charge in [0.1, 0.15) is 17.4 Å². The topological polar surface area (TPSA) is 72.6 Å². The normalized spacial score (nSPS) is 14.5. The van der Waals surface area contributed by atoms with Crippen molar-refractivity contribution in [1.82, 2.24) is 4.98 Å². The second-order valence-electron chi connectivity index (χ2n) is 9.48. The summed E-state index contributed by atoms with van der Waals surface area (Å²) in [5.74, 6) is 0.0739. The minimum Gasteiger partial charge on any atom is -0.507 e. The average Bonchev–Trinajstić information content (AvgIpc) is 3.00. The van der Waals surface area contributed by atoms with Gasteiger partial charge in [-0.2, -0.15) is 0 Å². The van der Waals surface area contributed by atoms with Crippen molar-refractivity contribution in [2.24, 2.45) is 0 Å². The number of benzene rings is 1. The molecular formula is C23H33NO4S. The van der Waals surface area contributed by atoms with Crippen LogP contribution in [0.4, 0.5) is 0 Å². The maximum absolute atomic E-state index is 12.5. The molecule has 0 aliphatic carbocycles. The largest absolute Gasteiger partial charge is 0.507 e. The Labute approximate surface area is 178 Å². The van der Waals surface area contributed by atoms with Crippen molar-refractivity contribution >= 4 is 17.7 Å². The molecule has 0 aliphatic rings. The summed E-state index contributed by atoms with van der Waals surface area (Å²) in [6, 6.07) is 4.05. The SMILES string of the molecule is COC(=O)C(c1ncoc1C)C(C)Sc1cc(C(C)(C)C)c(O)c(C(C)(C)C)c1. The Morgan fingerprint density at radius 1 is 1.14 bits per heavy atom. The van der Waals surface area contributed by atoms with Crippen LogP contribution < -0.4 is 0 Å². The fourth-order valence-electron chi connectivity index (χ4n) is 3.37. The predicted octanol–water partition coefficient (Wildman–Crippen LogP) is 5.72. The zero-order valence-corrected chi connectivity index (χ0v) is 19.7. The zero-order chi connectivity index (χ0) is 22.1. The lowest BCUT2D eigenvalue weighted by molar-refractivity contribution is -0.142. The van der Waals surface area contributed by atoms with Gasteiger partial charge in [-0.05, 0) is 29.9 Å². The van der Waals surface area contributed by atoms with E-state index in [-0.39, 0.29) is 22.0 Å². The fourth-order valence-corrected chi connectivity index (χ4v) is 4.54. The van der Waals surface area contributed by atoms with Crippen LogP contribution in [0.25, 0.3) is 0 Å². The van der Waals surface area contributed by atoms with Crippen LogP contribution in [0.3, 0.4) is 0 Å². The van der Waals surface area contributed by atoms with Gasteiger partial charge in [0.2, 0.25) is 0 Å². The quantitative estimate of drug-likeness (QED) is 0.493. The second-order valence-corrected chi connectivity index (χ2v) is 10.9. The molecule has 0 amide bonds. The molecule has 1 N–H and O–H groups in total. The van der Waals surface area contributed by atoms with Crippen LogP contribution in [0.2, 0.25) is 0 Å². The summed E-state index contributed by atoms with van der Waals surface area (Å²) in [5, 5.41) is 10.8. The Morgan fingerprint density at radius 3 is 2.03 bits per heavy atom. The highest BCUT2D eigenvalue weighted by atomic mass is 32.2. The summed E-state index contributed by atoms with van der Waals surface area (Å²) in [7, 11) is 1.39. The van der Waals surface area contributed by atoms with Gasteiger partial charge in [-0.3, -0.25) is 4.79 Å². The molecule has 2 atom stereocenters. The summed E-state index contributed by atoms with van der Waals surface area (Å²) in [6.45, 7) is 16.3. The van der Waals surface area contributed by atoms with E-state index in [4.69, 9.17) is 9.15 Å². The Balaban J connectivity index is 2.51. The van der Waals surface area contributed by atoms with E-state index in [0.717, 1.165) is 16.0 Å². The summed E-state index contributed by atoms with van der Waals surface area (Å²) in [4.78, 5) is 17.8. The Kier molecular flexibility index (Phi) is 6.78. The van der Waals surface area contributed by atoms with Crippen molar-refractivity contribution in [1.29, 1.82) is 0 Å². The van der Waals surface area contributed by atoms with E-state index in [2.05, 4.69) is 46.5 Å². The van der Waals surface area contributed by atoms with Gasteiger partial charge >= 0.3 is 5.97 Å². The van der Waals surface area contributed by atoms with Gasteiger partial charge in [0, 0.05) is 21.3 Å². The average molecular weight is 420 g/mol. The number of thioether (sulfide) groups is 1. The Hall–Kier alpha value is -1.95. The third kappa shape index (κ3) is 5.16. The number of oxazole rings is 1. The van der Waals surface area contributed by atoms with Crippen molar-refractivity contribution < 1.29 is 19.1 Å². The maximum Gasteiger partial charge on any atom is 0.316 e. The number of phenols is 1. The smallest absolute Gasteiger partial charge is 0.316 e. The number of hydrogen-bond acceptors (Lipinski definition) is 6. The summed E-state index contributed by atoms with van der Waals surface area (Å²) >= 11 is 1.58. The molecule has 2 unspecified atom stereocenters. The van der Waals surface area contributed by atoms with Crippen LogP contribution in [0.1, 0.15) is 77.0 Å². The molecule has 5 nitrogen and oxygen atoms in total. The molecule has 29 heavy (non-hydrogen) atoms. The highest BCUT2D eigenvalue weighted by molar-refractivity contribution is 8.00. The number of esters is 1. The van der Waals surface area contributed by atoms with Crippen molar-refractivity contribution in [2.75, 3.05) is 7.11 Å². The van der Waals surface area contributed by atoms with Gasteiger partial charge in [0.25, 0.3) is 0 Å². The molecule has 2 aromatic rings. The number of rotatable bonds is 5. The molecule has 0 bridgehead atoms. The fraction of sp³-hybridized carbons (Fsp3) is 0.565. The van der Waals surface area contributed by atoms with Gasteiger partial charge in [0.05, 0.1) is 12.8 Å². The number of nitrogens with zero attached hydrogens (tertiary/aromatic N) is 1. The van der Waals surface area contributed by atoms with Crippen molar-refractivity contribution in [3.8, 4) is 5.75 Å². The third-order valence-corrected chi connectivity index (χ3v) is 6.17. The molecule has 2 rings (SSSR count). The maximum atomic E-state index is 12.5. The highest BCUT2D eigenvalue weighted by Gasteiger charge is 2.34. The molecule has 1 aromatic carbocycles. The minimum absolute atomic E-state index is 0.142. The number of hydrogen-bond donors (Lipinski definition) is 1. The molecule has 1 aromatic heterocycles. The van der Waals surface area contributed by atoms with E-state index in [1.165, 1.54) is 13.5 Å².